The molecule has 0 radical (unpaired) electrons. The average Bonchev–Trinajstić information content (AvgIpc) is 2.93. The Balaban J connectivity index is 1.31. The molecule has 144 valence electrons. The Kier molecular flexibility index (Phi) is 5.38. The number of carbonyl (C=O) groups is 1. The van der Waals surface area contributed by atoms with Crippen LogP contribution in [0.1, 0.15) is 25.5 Å². The van der Waals surface area contributed by atoms with E-state index in [2.05, 4.69) is 23.5 Å². The fourth-order valence-electron chi connectivity index (χ4n) is 4.00. The third-order valence-electron chi connectivity index (χ3n) is 5.47. The maximum Gasteiger partial charge on any atom is 0.219 e. The summed E-state index contributed by atoms with van der Waals surface area (Å²) in [6.45, 7) is 5.54. The monoisotopic (exact) mass is 369 g/mol. The minimum Gasteiger partial charge on any atom is -0.377 e. The lowest BCUT2D eigenvalue weighted by Crippen LogP contribution is -2.46. The first kappa shape index (κ1) is 18.3. The van der Waals surface area contributed by atoms with Gasteiger partial charge in [0.2, 0.25) is 5.91 Å². The first-order valence-electron chi connectivity index (χ1n) is 9.70. The van der Waals surface area contributed by atoms with E-state index in [4.69, 9.17) is 14.5 Å². The van der Waals surface area contributed by atoms with E-state index in [0.29, 0.717) is 32.8 Å². The van der Waals surface area contributed by atoms with Gasteiger partial charge < -0.3 is 19.7 Å². The van der Waals surface area contributed by atoms with Crippen molar-refractivity contribution in [2.75, 3.05) is 32.8 Å². The molecule has 1 spiro atoms. The molecule has 2 aliphatic heterocycles. The van der Waals surface area contributed by atoms with Gasteiger partial charge in [0.15, 0.2) is 0 Å². The van der Waals surface area contributed by atoms with Crippen molar-refractivity contribution in [1.29, 1.82) is 0 Å². The average molecular weight is 369 g/mol. The molecule has 1 amide bonds. The van der Waals surface area contributed by atoms with E-state index in [1.807, 2.05) is 23.1 Å². The first-order valence-corrected chi connectivity index (χ1v) is 9.70. The molecule has 1 aromatic carbocycles. The van der Waals surface area contributed by atoms with Crippen LogP contribution in [-0.2, 0) is 20.8 Å². The molecule has 27 heavy (non-hydrogen) atoms. The van der Waals surface area contributed by atoms with E-state index in [1.165, 1.54) is 0 Å². The zero-order valence-corrected chi connectivity index (χ0v) is 15.8. The number of amides is 1. The Morgan fingerprint density at radius 3 is 3.11 bits per heavy atom. The van der Waals surface area contributed by atoms with Crippen molar-refractivity contribution in [3.05, 3.63) is 42.1 Å². The maximum atomic E-state index is 11.8. The molecule has 1 N–H and O–H groups in total. The molecule has 0 saturated carbocycles. The van der Waals surface area contributed by atoms with E-state index in [9.17, 15) is 4.79 Å². The molecule has 6 heteroatoms. The van der Waals surface area contributed by atoms with Crippen molar-refractivity contribution in [3.8, 4) is 0 Å². The van der Waals surface area contributed by atoms with E-state index in [0.717, 1.165) is 36.0 Å². The largest absolute Gasteiger partial charge is 0.377 e. The highest BCUT2D eigenvalue weighted by molar-refractivity contribution is 5.78. The molecular weight excluding hydrogens is 342 g/mol. The van der Waals surface area contributed by atoms with Crippen molar-refractivity contribution in [1.82, 2.24) is 15.2 Å². The quantitative estimate of drug-likeness (QED) is 0.894. The number of fused-ring (bicyclic) bond motifs is 1. The molecule has 0 unspecified atom stereocenters. The number of rotatable bonds is 4. The van der Waals surface area contributed by atoms with E-state index >= 15 is 0 Å². The van der Waals surface area contributed by atoms with Gasteiger partial charge in [-0.25, -0.2) is 0 Å². The molecule has 0 aliphatic carbocycles. The standard InChI is InChI=1S/C21H27N3O3/c1-16(25)24-10-11-26-15-21(14-24)9-8-19(27-21)13-22-12-18-7-6-17-4-2-3-5-20(17)23-18/h2-7,19,22H,8-15H2,1H3/t19-,21+/m1/s1. The Bertz CT molecular complexity index is 812. The highest BCUT2D eigenvalue weighted by Crippen LogP contribution is 2.32. The minimum absolute atomic E-state index is 0.0902. The summed E-state index contributed by atoms with van der Waals surface area (Å²) in [7, 11) is 0. The number of carbonyl (C=O) groups excluding carboxylic acids is 1. The fourth-order valence-corrected chi connectivity index (χ4v) is 4.00. The number of para-hydroxylation sites is 1. The van der Waals surface area contributed by atoms with E-state index in [1.54, 1.807) is 6.92 Å². The van der Waals surface area contributed by atoms with Gasteiger partial charge in [-0.2, -0.15) is 0 Å². The Hall–Kier alpha value is -2.02. The molecule has 2 fully saturated rings. The van der Waals surface area contributed by atoms with Crippen LogP contribution in [-0.4, -0.2) is 60.3 Å². The highest BCUT2D eigenvalue weighted by atomic mass is 16.6. The lowest BCUT2D eigenvalue weighted by atomic mass is 10.00. The number of aromatic nitrogens is 1. The van der Waals surface area contributed by atoms with Crippen LogP contribution < -0.4 is 5.32 Å². The summed E-state index contributed by atoms with van der Waals surface area (Å²) in [6.07, 6.45) is 2.05. The third kappa shape index (κ3) is 4.29. The van der Waals surface area contributed by atoms with Crippen molar-refractivity contribution < 1.29 is 14.3 Å². The second-order valence-electron chi connectivity index (χ2n) is 7.58. The second kappa shape index (κ2) is 7.92. The zero-order valence-electron chi connectivity index (χ0n) is 15.8. The lowest BCUT2D eigenvalue weighted by molar-refractivity contribution is -0.133. The van der Waals surface area contributed by atoms with Crippen LogP contribution in [0.15, 0.2) is 36.4 Å². The van der Waals surface area contributed by atoms with Gasteiger partial charge in [-0.3, -0.25) is 9.78 Å². The fraction of sp³-hybridized carbons (Fsp3) is 0.524. The van der Waals surface area contributed by atoms with Gasteiger partial charge >= 0.3 is 0 Å². The summed E-state index contributed by atoms with van der Waals surface area (Å²) in [5.74, 6) is 0.0902. The molecule has 2 aliphatic rings. The predicted octanol–water partition coefficient (Wildman–Crippen LogP) is 2.12. The summed E-state index contributed by atoms with van der Waals surface area (Å²) in [4.78, 5) is 18.3. The number of ether oxygens (including phenoxy) is 2. The number of nitrogens with one attached hydrogen (secondary N) is 1. The van der Waals surface area contributed by atoms with Gasteiger partial charge in [-0.05, 0) is 25.0 Å². The SMILES string of the molecule is CC(=O)N1CCOC[C@]2(CC[C@H](CNCc3ccc4ccccc4n3)O2)C1. The van der Waals surface area contributed by atoms with Crippen molar-refractivity contribution in [2.45, 2.75) is 38.0 Å². The highest BCUT2D eigenvalue weighted by Gasteiger charge is 2.43. The molecule has 2 aromatic rings. The van der Waals surface area contributed by atoms with Crippen molar-refractivity contribution in [3.63, 3.8) is 0 Å². The van der Waals surface area contributed by atoms with Gasteiger partial charge in [0.05, 0.1) is 37.1 Å². The molecule has 4 rings (SSSR count). The molecule has 3 heterocycles. The van der Waals surface area contributed by atoms with Crippen LogP contribution in [0.4, 0.5) is 0 Å². The van der Waals surface area contributed by atoms with Crippen LogP contribution in [0.2, 0.25) is 0 Å². The molecule has 2 atom stereocenters. The van der Waals surface area contributed by atoms with E-state index < -0.39 is 0 Å². The van der Waals surface area contributed by atoms with Crippen molar-refractivity contribution in [2.24, 2.45) is 0 Å². The zero-order chi connectivity index (χ0) is 18.7. The Morgan fingerprint density at radius 2 is 2.22 bits per heavy atom. The summed E-state index contributed by atoms with van der Waals surface area (Å²) >= 11 is 0. The summed E-state index contributed by atoms with van der Waals surface area (Å²) < 4.78 is 12.1. The van der Waals surface area contributed by atoms with Crippen LogP contribution in [0.5, 0.6) is 0 Å². The summed E-state index contributed by atoms with van der Waals surface area (Å²) in [5, 5.41) is 4.63. The van der Waals surface area contributed by atoms with Crippen LogP contribution in [0.25, 0.3) is 10.9 Å². The smallest absolute Gasteiger partial charge is 0.219 e. The van der Waals surface area contributed by atoms with Crippen molar-refractivity contribution >= 4 is 16.8 Å². The number of pyridine rings is 1. The van der Waals surface area contributed by atoms with Gasteiger partial charge in [-0.1, -0.05) is 24.3 Å². The topological polar surface area (TPSA) is 63.7 Å². The maximum absolute atomic E-state index is 11.8. The van der Waals surface area contributed by atoms with Gasteiger partial charge in [0.1, 0.15) is 5.60 Å². The van der Waals surface area contributed by atoms with Gasteiger partial charge in [-0.15, -0.1) is 0 Å². The number of benzene rings is 1. The van der Waals surface area contributed by atoms with E-state index in [-0.39, 0.29) is 17.6 Å². The second-order valence-corrected chi connectivity index (χ2v) is 7.58. The summed E-state index contributed by atoms with van der Waals surface area (Å²) in [5.41, 5.74) is 1.70. The van der Waals surface area contributed by atoms with Crippen LogP contribution in [0, 0.1) is 0 Å². The van der Waals surface area contributed by atoms with Gasteiger partial charge in [0, 0.05) is 31.9 Å². The first-order chi connectivity index (χ1) is 13.1. The third-order valence-corrected chi connectivity index (χ3v) is 5.47. The Morgan fingerprint density at radius 1 is 1.33 bits per heavy atom. The molecule has 1 aromatic heterocycles. The molecule has 6 nitrogen and oxygen atoms in total. The lowest BCUT2D eigenvalue weighted by Gasteiger charge is -2.31. The Labute approximate surface area is 159 Å². The summed E-state index contributed by atoms with van der Waals surface area (Å²) in [6, 6.07) is 12.3. The van der Waals surface area contributed by atoms with Crippen LogP contribution >= 0.6 is 0 Å². The normalized spacial score (nSPS) is 25.8. The minimum atomic E-state index is -0.351. The molecular formula is C21H27N3O3. The predicted molar refractivity (Wildman–Crippen MR) is 103 cm³/mol. The van der Waals surface area contributed by atoms with Crippen LogP contribution in [0.3, 0.4) is 0 Å². The van der Waals surface area contributed by atoms with Gasteiger partial charge in [0.25, 0.3) is 0 Å². The molecule has 2 saturated heterocycles. The number of nitrogens with zero attached hydrogens (tertiary/aromatic N) is 2. The number of hydrogen-bond donors (Lipinski definition) is 1. The number of hydrogen-bond acceptors (Lipinski definition) is 5. The molecule has 0 bridgehead atoms.